The van der Waals surface area contributed by atoms with E-state index in [-0.39, 0.29) is 21.9 Å². The fourth-order valence-electron chi connectivity index (χ4n) is 2.75. The Morgan fingerprint density at radius 2 is 1.72 bits per heavy atom. The Balaban J connectivity index is 1.73. The van der Waals surface area contributed by atoms with Crippen molar-refractivity contribution in [2.75, 3.05) is 18.9 Å². The first-order valence-corrected chi connectivity index (χ1v) is 10.8. The van der Waals surface area contributed by atoms with E-state index in [4.69, 9.17) is 9.47 Å². The number of nitrogens with one attached hydrogen (secondary N) is 2. The molecule has 0 unspecified atom stereocenters. The van der Waals surface area contributed by atoms with Crippen LogP contribution in [0.1, 0.15) is 15.9 Å². The number of anilines is 1. The van der Waals surface area contributed by atoms with Crippen molar-refractivity contribution in [1.82, 2.24) is 5.43 Å². The average Bonchev–Trinajstić information content (AvgIpc) is 2.79. The minimum absolute atomic E-state index is 0.0665. The van der Waals surface area contributed by atoms with Crippen molar-refractivity contribution in [3.05, 3.63) is 77.9 Å². The summed E-state index contributed by atoms with van der Waals surface area (Å²) in [7, 11) is -1.09. The van der Waals surface area contributed by atoms with E-state index in [1.54, 1.807) is 36.4 Å². The first-order chi connectivity index (χ1) is 15.3. The number of para-hydroxylation sites is 2. The lowest BCUT2D eigenvalue weighted by Gasteiger charge is -2.12. The number of carbonyl (C=O) groups is 1. The molecule has 166 valence electrons. The van der Waals surface area contributed by atoms with Crippen molar-refractivity contribution in [3.63, 3.8) is 0 Å². The summed E-state index contributed by atoms with van der Waals surface area (Å²) in [4.78, 5) is 12.3. The van der Waals surface area contributed by atoms with Crippen molar-refractivity contribution in [1.29, 1.82) is 0 Å². The van der Waals surface area contributed by atoms with E-state index in [1.807, 2.05) is 0 Å². The maximum absolute atomic E-state index is 12.8. The molecule has 0 aliphatic heterocycles. The predicted molar refractivity (Wildman–Crippen MR) is 120 cm³/mol. The number of hydrogen-bond donors (Lipinski definition) is 3. The molecule has 3 aromatic carbocycles. The van der Waals surface area contributed by atoms with Gasteiger partial charge < -0.3 is 14.6 Å². The van der Waals surface area contributed by atoms with Crippen LogP contribution in [0.4, 0.5) is 5.69 Å². The molecular formula is C22H21N3O6S. The zero-order valence-electron chi connectivity index (χ0n) is 17.3. The lowest BCUT2D eigenvalue weighted by Crippen LogP contribution is -2.19. The molecule has 0 saturated carbocycles. The van der Waals surface area contributed by atoms with E-state index in [9.17, 15) is 18.3 Å². The van der Waals surface area contributed by atoms with E-state index in [0.29, 0.717) is 17.1 Å². The molecule has 3 N–H and O–H groups in total. The SMILES string of the molecule is COc1ccc(/C=N\NC(=O)c2cccc(S(=O)(=O)Nc3ccccc3OC)c2)cc1O. The number of aromatic hydroxyl groups is 1. The Morgan fingerprint density at radius 1 is 0.969 bits per heavy atom. The molecule has 0 atom stereocenters. The number of sulfonamides is 1. The highest BCUT2D eigenvalue weighted by Gasteiger charge is 2.18. The molecule has 0 aromatic heterocycles. The van der Waals surface area contributed by atoms with E-state index < -0.39 is 15.9 Å². The molecule has 0 saturated heterocycles. The van der Waals surface area contributed by atoms with Gasteiger partial charge in [0.25, 0.3) is 15.9 Å². The Hall–Kier alpha value is -4.05. The standard InChI is InChI=1S/C22H21N3O6S/c1-30-20-9-4-3-8-18(20)25-32(28,29)17-7-5-6-16(13-17)22(27)24-23-14-15-10-11-21(31-2)19(26)12-15/h3-14,25-26H,1-2H3,(H,24,27)/b23-14-. The third-order valence-corrected chi connectivity index (χ3v) is 5.70. The van der Waals surface area contributed by atoms with Gasteiger partial charge in [-0.15, -0.1) is 0 Å². The topological polar surface area (TPSA) is 126 Å². The van der Waals surface area contributed by atoms with Crippen molar-refractivity contribution in [2.45, 2.75) is 4.90 Å². The summed E-state index contributed by atoms with van der Waals surface area (Å²) < 4.78 is 38.1. The number of methoxy groups -OCH3 is 2. The molecule has 0 spiro atoms. The van der Waals surface area contributed by atoms with E-state index >= 15 is 0 Å². The highest BCUT2D eigenvalue weighted by Crippen LogP contribution is 2.27. The Kier molecular flexibility index (Phi) is 6.96. The van der Waals surface area contributed by atoms with Crippen LogP contribution >= 0.6 is 0 Å². The van der Waals surface area contributed by atoms with Gasteiger partial charge in [-0.05, 0) is 54.1 Å². The number of amides is 1. The van der Waals surface area contributed by atoms with Gasteiger partial charge in [0.15, 0.2) is 11.5 Å². The van der Waals surface area contributed by atoms with Gasteiger partial charge in [-0.2, -0.15) is 5.10 Å². The normalized spacial score (nSPS) is 11.2. The molecule has 3 aromatic rings. The van der Waals surface area contributed by atoms with Gasteiger partial charge in [0.05, 0.1) is 31.0 Å². The van der Waals surface area contributed by atoms with Crippen LogP contribution in [0.3, 0.4) is 0 Å². The molecule has 0 fully saturated rings. The number of nitrogens with zero attached hydrogens (tertiary/aromatic N) is 1. The van der Waals surface area contributed by atoms with Crippen LogP contribution in [0, 0.1) is 0 Å². The van der Waals surface area contributed by atoms with Gasteiger partial charge >= 0.3 is 0 Å². The largest absolute Gasteiger partial charge is 0.504 e. The van der Waals surface area contributed by atoms with Crippen molar-refractivity contribution in [3.8, 4) is 17.2 Å². The molecule has 0 bridgehead atoms. The second-order valence-corrected chi connectivity index (χ2v) is 8.15. The molecule has 1 amide bonds. The summed E-state index contributed by atoms with van der Waals surface area (Å²) in [5.74, 6) is 0.00590. The van der Waals surface area contributed by atoms with Gasteiger partial charge in [0.2, 0.25) is 0 Å². The Labute approximate surface area is 185 Å². The minimum Gasteiger partial charge on any atom is -0.504 e. The molecule has 9 nitrogen and oxygen atoms in total. The maximum Gasteiger partial charge on any atom is 0.271 e. The van der Waals surface area contributed by atoms with Crippen LogP contribution in [0.5, 0.6) is 17.2 Å². The van der Waals surface area contributed by atoms with Crippen molar-refractivity contribution >= 4 is 27.8 Å². The second kappa shape index (κ2) is 9.84. The average molecular weight is 455 g/mol. The van der Waals surface area contributed by atoms with Crippen LogP contribution < -0.4 is 19.6 Å². The first-order valence-electron chi connectivity index (χ1n) is 9.30. The zero-order valence-corrected chi connectivity index (χ0v) is 18.1. The van der Waals surface area contributed by atoms with Gasteiger partial charge in [-0.25, -0.2) is 13.8 Å². The van der Waals surface area contributed by atoms with Crippen molar-refractivity contribution < 1.29 is 27.8 Å². The number of phenolic OH excluding ortho intramolecular Hbond substituents is 1. The number of rotatable bonds is 8. The summed E-state index contributed by atoms with van der Waals surface area (Å²) in [5.41, 5.74) is 3.23. The zero-order chi connectivity index (χ0) is 23.1. The quantitative estimate of drug-likeness (QED) is 0.354. The molecule has 0 aliphatic rings. The number of phenols is 1. The number of hydrogen-bond acceptors (Lipinski definition) is 7. The molecule has 0 radical (unpaired) electrons. The smallest absolute Gasteiger partial charge is 0.271 e. The molecule has 0 aliphatic carbocycles. The number of carbonyl (C=O) groups excluding carboxylic acids is 1. The molecule has 32 heavy (non-hydrogen) atoms. The van der Waals surface area contributed by atoms with Crippen LogP contribution in [-0.2, 0) is 10.0 Å². The summed E-state index contributed by atoms with van der Waals surface area (Å²) in [6.45, 7) is 0. The summed E-state index contributed by atoms with van der Waals surface area (Å²) in [6.07, 6.45) is 1.33. The molecule has 3 rings (SSSR count). The number of ether oxygens (including phenoxy) is 2. The summed E-state index contributed by atoms with van der Waals surface area (Å²) in [5, 5.41) is 13.6. The minimum atomic E-state index is -3.96. The van der Waals surface area contributed by atoms with Crippen LogP contribution in [-0.4, -0.2) is 39.9 Å². The fraction of sp³-hybridized carbons (Fsp3) is 0.0909. The van der Waals surface area contributed by atoms with Crippen molar-refractivity contribution in [2.24, 2.45) is 5.10 Å². The van der Waals surface area contributed by atoms with Crippen LogP contribution in [0.2, 0.25) is 0 Å². The molecule has 0 heterocycles. The third-order valence-electron chi connectivity index (χ3n) is 4.34. The van der Waals surface area contributed by atoms with Crippen LogP contribution in [0.15, 0.2) is 76.7 Å². The van der Waals surface area contributed by atoms with E-state index in [2.05, 4.69) is 15.2 Å². The lowest BCUT2D eigenvalue weighted by molar-refractivity contribution is 0.0955. The van der Waals surface area contributed by atoms with E-state index in [0.717, 1.165) is 0 Å². The van der Waals surface area contributed by atoms with Crippen LogP contribution in [0.25, 0.3) is 0 Å². The lowest BCUT2D eigenvalue weighted by atomic mass is 10.2. The Morgan fingerprint density at radius 3 is 2.44 bits per heavy atom. The van der Waals surface area contributed by atoms with Gasteiger partial charge in [0, 0.05) is 5.56 Å². The molecule has 10 heteroatoms. The highest BCUT2D eigenvalue weighted by molar-refractivity contribution is 7.92. The first kappa shape index (κ1) is 22.6. The molecular weight excluding hydrogens is 434 g/mol. The fourth-order valence-corrected chi connectivity index (χ4v) is 3.87. The second-order valence-electron chi connectivity index (χ2n) is 6.46. The number of benzene rings is 3. The highest BCUT2D eigenvalue weighted by atomic mass is 32.2. The summed E-state index contributed by atoms with van der Waals surface area (Å²) in [6, 6.07) is 16.7. The monoisotopic (exact) mass is 455 g/mol. The van der Waals surface area contributed by atoms with Gasteiger partial charge in [-0.1, -0.05) is 18.2 Å². The summed E-state index contributed by atoms with van der Waals surface area (Å²) >= 11 is 0. The number of hydrazone groups is 1. The third kappa shape index (κ3) is 5.35. The van der Waals surface area contributed by atoms with Gasteiger partial charge in [-0.3, -0.25) is 9.52 Å². The predicted octanol–water partition coefficient (Wildman–Crippen LogP) is 2.97. The van der Waals surface area contributed by atoms with Gasteiger partial charge in [0.1, 0.15) is 5.75 Å². The maximum atomic E-state index is 12.8. The Bertz CT molecular complexity index is 1260. The van der Waals surface area contributed by atoms with E-state index in [1.165, 1.54) is 50.8 Å².